The lowest BCUT2D eigenvalue weighted by Gasteiger charge is -2.07. The van der Waals surface area contributed by atoms with E-state index in [0.29, 0.717) is 5.56 Å². The van der Waals surface area contributed by atoms with E-state index in [4.69, 9.17) is 4.74 Å². The predicted molar refractivity (Wildman–Crippen MR) is 76.5 cm³/mol. The second kappa shape index (κ2) is 5.93. The third-order valence-corrected chi connectivity index (χ3v) is 2.59. The molecule has 0 bridgehead atoms. The molecule has 0 aromatic heterocycles. The van der Waals surface area contributed by atoms with E-state index >= 15 is 0 Å². The molecule has 0 aliphatic carbocycles. The van der Waals surface area contributed by atoms with Crippen molar-refractivity contribution in [3.8, 4) is 17.2 Å². The fourth-order valence-electron chi connectivity index (χ4n) is 1.72. The van der Waals surface area contributed by atoms with E-state index in [1.807, 2.05) is 36.4 Å². The Kier molecular flexibility index (Phi) is 4.05. The summed E-state index contributed by atoms with van der Waals surface area (Å²) in [6, 6.07) is 12.4. The molecule has 2 rings (SSSR count). The summed E-state index contributed by atoms with van der Waals surface area (Å²) in [6.45, 7) is 1.20. The van der Waals surface area contributed by atoms with Gasteiger partial charge < -0.3 is 14.9 Å². The van der Waals surface area contributed by atoms with Gasteiger partial charge in [-0.3, -0.25) is 4.79 Å². The van der Waals surface area contributed by atoms with Gasteiger partial charge in [0.25, 0.3) is 0 Å². The van der Waals surface area contributed by atoms with Gasteiger partial charge in [-0.2, -0.15) is 0 Å². The van der Waals surface area contributed by atoms with Crippen molar-refractivity contribution in [2.24, 2.45) is 0 Å². The maximum Gasteiger partial charge on any atom is 0.308 e. The van der Waals surface area contributed by atoms with Crippen LogP contribution in [0, 0.1) is 0 Å². The summed E-state index contributed by atoms with van der Waals surface area (Å²) in [5, 5.41) is 19.5. The lowest BCUT2D eigenvalue weighted by molar-refractivity contribution is -0.132. The Morgan fingerprint density at radius 1 is 1.00 bits per heavy atom. The second-order valence-electron chi connectivity index (χ2n) is 4.23. The molecule has 0 saturated heterocycles. The number of hydrogen-bond donors (Lipinski definition) is 2. The second-order valence-corrected chi connectivity index (χ2v) is 4.23. The highest BCUT2D eigenvalue weighted by molar-refractivity contribution is 5.75. The van der Waals surface area contributed by atoms with Crippen molar-refractivity contribution in [2.45, 2.75) is 6.92 Å². The Hall–Kier alpha value is -2.75. The maximum absolute atomic E-state index is 10.9. The minimum absolute atomic E-state index is 0.227. The van der Waals surface area contributed by atoms with Crippen molar-refractivity contribution in [1.82, 2.24) is 0 Å². The van der Waals surface area contributed by atoms with Crippen molar-refractivity contribution in [3.05, 3.63) is 53.6 Å². The lowest BCUT2D eigenvalue weighted by atomic mass is 10.1. The smallest absolute Gasteiger partial charge is 0.308 e. The van der Waals surface area contributed by atoms with Crippen LogP contribution >= 0.6 is 0 Å². The molecule has 0 aliphatic heterocycles. The van der Waals surface area contributed by atoms with Gasteiger partial charge >= 0.3 is 5.97 Å². The molecule has 0 atom stereocenters. The first kappa shape index (κ1) is 13.7. The number of carbonyl (C=O) groups is 1. The van der Waals surface area contributed by atoms with Gasteiger partial charge in [-0.1, -0.05) is 42.5 Å². The molecule has 102 valence electrons. The molecular formula is C16H14O4. The van der Waals surface area contributed by atoms with Crippen molar-refractivity contribution in [1.29, 1.82) is 0 Å². The third-order valence-electron chi connectivity index (χ3n) is 2.59. The SMILES string of the molecule is CC(=O)Oc1c(O)cc(C=Cc2ccccc2)cc1O. The maximum atomic E-state index is 10.9. The van der Waals surface area contributed by atoms with Gasteiger partial charge in [-0.05, 0) is 23.3 Å². The number of phenolic OH excluding ortho intramolecular Hbond substituents is 2. The normalized spacial score (nSPS) is 10.7. The monoisotopic (exact) mass is 270 g/mol. The van der Waals surface area contributed by atoms with Crippen LogP contribution in [-0.2, 0) is 4.79 Å². The fourth-order valence-corrected chi connectivity index (χ4v) is 1.72. The summed E-state index contributed by atoms with van der Waals surface area (Å²) in [5.41, 5.74) is 1.59. The predicted octanol–water partition coefficient (Wildman–Crippen LogP) is 3.19. The van der Waals surface area contributed by atoms with Gasteiger partial charge in [0.15, 0.2) is 11.5 Å². The van der Waals surface area contributed by atoms with E-state index in [2.05, 4.69) is 0 Å². The van der Waals surface area contributed by atoms with Crippen LogP contribution in [0.25, 0.3) is 12.2 Å². The average molecular weight is 270 g/mol. The largest absolute Gasteiger partial charge is 0.504 e. The van der Waals surface area contributed by atoms with E-state index < -0.39 is 5.97 Å². The zero-order chi connectivity index (χ0) is 14.5. The van der Waals surface area contributed by atoms with Crippen molar-refractivity contribution < 1.29 is 19.7 Å². The van der Waals surface area contributed by atoms with Gasteiger partial charge in [0.2, 0.25) is 5.75 Å². The molecule has 0 radical (unpaired) electrons. The summed E-state index contributed by atoms with van der Waals surface area (Å²) < 4.78 is 4.73. The highest BCUT2D eigenvalue weighted by Gasteiger charge is 2.12. The molecule has 2 aromatic carbocycles. The number of phenols is 2. The Morgan fingerprint density at radius 3 is 2.10 bits per heavy atom. The average Bonchev–Trinajstić information content (AvgIpc) is 2.41. The van der Waals surface area contributed by atoms with E-state index in [1.165, 1.54) is 19.1 Å². The number of rotatable bonds is 3. The molecule has 2 aromatic rings. The molecular weight excluding hydrogens is 256 g/mol. The number of aromatic hydroxyl groups is 2. The summed E-state index contributed by atoms with van der Waals surface area (Å²) in [5.74, 6) is -1.40. The number of esters is 1. The van der Waals surface area contributed by atoms with E-state index in [0.717, 1.165) is 5.56 Å². The van der Waals surface area contributed by atoms with Crippen LogP contribution in [0.15, 0.2) is 42.5 Å². The molecule has 0 heterocycles. The van der Waals surface area contributed by atoms with Gasteiger partial charge in [0, 0.05) is 6.92 Å². The van der Waals surface area contributed by atoms with Crippen LogP contribution in [0.3, 0.4) is 0 Å². The van der Waals surface area contributed by atoms with Crippen LogP contribution in [0.5, 0.6) is 17.2 Å². The van der Waals surface area contributed by atoms with E-state index in [9.17, 15) is 15.0 Å². The number of carbonyl (C=O) groups excluding carboxylic acids is 1. The van der Waals surface area contributed by atoms with Gasteiger partial charge in [-0.15, -0.1) is 0 Å². The van der Waals surface area contributed by atoms with Gasteiger partial charge in [0.1, 0.15) is 0 Å². The van der Waals surface area contributed by atoms with E-state index in [-0.39, 0.29) is 17.2 Å². The first-order valence-electron chi connectivity index (χ1n) is 6.04. The third kappa shape index (κ3) is 3.38. The van der Waals surface area contributed by atoms with Gasteiger partial charge in [-0.25, -0.2) is 0 Å². The Labute approximate surface area is 116 Å². The molecule has 0 unspecified atom stereocenters. The summed E-state index contributed by atoms with van der Waals surface area (Å²) >= 11 is 0. The van der Waals surface area contributed by atoms with Crippen LogP contribution < -0.4 is 4.74 Å². The number of ether oxygens (including phenoxy) is 1. The number of hydrogen-bond acceptors (Lipinski definition) is 4. The van der Waals surface area contributed by atoms with Crippen molar-refractivity contribution in [2.75, 3.05) is 0 Å². The summed E-state index contributed by atoms with van der Waals surface area (Å²) in [7, 11) is 0. The van der Waals surface area contributed by atoms with E-state index in [1.54, 1.807) is 6.08 Å². The van der Waals surface area contributed by atoms with Crippen molar-refractivity contribution >= 4 is 18.1 Å². The molecule has 4 heteroatoms. The highest BCUT2D eigenvalue weighted by atomic mass is 16.5. The Morgan fingerprint density at radius 2 is 1.55 bits per heavy atom. The number of benzene rings is 2. The minimum atomic E-state index is -0.608. The highest BCUT2D eigenvalue weighted by Crippen LogP contribution is 2.37. The molecule has 2 N–H and O–H groups in total. The zero-order valence-corrected chi connectivity index (χ0v) is 10.9. The minimum Gasteiger partial charge on any atom is -0.504 e. The molecule has 20 heavy (non-hydrogen) atoms. The molecule has 0 saturated carbocycles. The Bertz CT molecular complexity index is 622. The van der Waals surface area contributed by atoms with Crippen LogP contribution in [0.1, 0.15) is 18.1 Å². The standard InChI is InChI=1S/C16H14O4/c1-11(17)20-16-14(18)9-13(10-15(16)19)8-7-12-5-3-2-4-6-12/h2-10,18-19H,1H3. The molecule has 0 amide bonds. The first-order valence-corrected chi connectivity index (χ1v) is 6.04. The molecule has 0 fully saturated rings. The quantitative estimate of drug-likeness (QED) is 0.510. The Balaban J connectivity index is 2.26. The molecule has 0 spiro atoms. The lowest BCUT2D eigenvalue weighted by Crippen LogP contribution is -2.01. The van der Waals surface area contributed by atoms with Crippen molar-refractivity contribution in [3.63, 3.8) is 0 Å². The van der Waals surface area contributed by atoms with Crippen LogP contribution in [0.4, 0.5) is 0 Å². The summed E-state index contributed by atoms with van der Waals surface area (Å²) in [6.07, 6.45) is 3.59. The topological polar surface area (TPSA) is 66.8 Å². The first-order chi connectivity index (χ1) is 9.56. The molecule has 4 nitrogen and oxygen atoms in total. The van der Waals surface area contributed by atoms with Crippen LogP contribution in [-0.4, -0.2) is 16.2 Å². The molecule has 0 aliphatic rings. The fraction of sp³-hybridized carbons (Fsp3) is 0.0625. The zero-order valence-electron chi connectivity index (χ0n) is 10.9. The summed E-state index contributed by atoms with van der Waals surface area (Å²) in [4.78, 5) is 10.9. The van der Waals surface area contributed by atoms with Crippen LogP contribution in [0.2, 0.25) is 0 Å². The van der Waals surface area contributed by atoms with Gasteiger partial charge in [0.05, 0.1) is 0 Å².